The Morgan fingerprint density at radius 1 is 1.00 bits per heavy atom. The number of rotatable bonds is 8. The van der Waals surface area contributed by atoms with E-state index in [9.17, 15) is 9.59 Å². The highest BCUT2D eigenvalue weighted by molar-refractivity contribution is 7.99. The molecular weight excluding hydrogens is 338 g/mol. The number of alkyl carbamates (subject to hydrolysis) is 1. The molecule has 1 unspecified atom stereocenters. The zero-order valence-electron chi connectivity index (χ0n) is 14.0. The molecular formula is C19H21NO4S. The fraction of sp³-hybridized carbons (Fsp3) is 0.263. The first-order chi connectivity index (χ1) is 12.2. The second kappa shape index (κ2) is 10.4. The number of ether oxygens (including phenoxy) is 2. The van der Waals surface area contributed by atoms with Gasteiger partial charge in [0.15, 0.2) is 0 Å². The van der Waals surface area contributed by atoms with E-state index in [-0.39, 0.29) is 13.2 Å². The first-order valence-electron chi connectivity index (χ1n) is 8.00. The number of nitrogens with one attached hydrogen (secondary N) is 1. The fourth-order valence-corrected chi connectivity index (χ4v) is 2.94. The molecule has 0 bridgehead atoms. The van der Waals surface area contributed by atoms with E-state index in [1.54, 1.807) is 6.92 Å². The monoisotopic (exact) mass is 359 g/mol. The summed E-state index contributed by atoms with van der Waals surface area (Å²) in [4.78, 5) is 25.1. The van der Waals surface area contributed by atoms with Gasteiger partial charge < -0.3 is 14.8 Å². The predicted octanol–water partition coefficient (Wildman–Crippen LogP) is 3.64. The molecule has 5 nitrogen and oxygen atoms in total. The third-order valence-corrected chi connectivity index (χ3v) is 4.34. The number of thioether (sulfide) groups is 1. The van der Waals surface area contributed by atoms with E-state index >= 15 is 0 Å². The smallest absolute Gasteiger partial charge is 0.408 e. The molecule has 0 aromatic heterocycles. The van der Waals surface area contributed by atoms with Crippen molar-refractivity contribution in [1.82, 2.24) is 5.32 Å². The molecule has 2 rings (SSSR count). The van der Waals surface area contributed by atoms with Crippen LogP contribution in [-0.4, -0.2) is 30.5 Å². The molecule has 0 aliphatic rings. The number of carbonyl (C=O) groups is 2. The van der Waals surface area contributed by atoms with Gasteiger partial charge in [0.25, 0.3) is 0 Å². The Balaban J connectivity index is 1.88. The Hall–Kier alpha value is -2.47. The maximum Gasteiger partial charge on any atom is 0.408 e. The minimum Gasteiger partial charge on any atom is -0.464 e. The Bertz CT molecular complexity index is 664. The lowest BCUT2D eigenvalue weighted by atomic mass is 10.2. The van der Waals surface area contributed by atoms with Crippen molar-refractivity contribution >= 4 is 23.8 Å². The highest BCUT2D eigenvalue weighted by Gasteiger charge is 2.23. The summed E-state index contributed by atoms with van der Waals surface area (Å²) in [6.07, 6.45) is -0.643. The van der Waals surface area contributed by atoms with Crippen LogP contribution in [0.1, 0.15) is 12.5 Å². The minimum atomic E-state index is -0.770. The van der Waals surface area contributed by atoms with Gasteiger partial charge >= 0.3 is 12.1 Å². The number of esters is 1. The van der Waals surface area contributed by atoms with Crippen molar-refractivity contribution in [1.29, 1.82) is 0 Å². The number of hydrogen-bond acceptors (Lipinski definition) is 5. The standard InChI is InChI=1S/C19H21NO4S/c1-2-23-18(21)17(14-25-16-11-7-4-8-12-16)20-19(22)24-13-15-9-5-3-6-10-15/h3-12,17H,2,13-14H2,1H3,(H,20,22). The van der Waals surface area contributed by atoms with E-state index in [2.05, 4.69) is 5.32 Å². The molecule has 2 aromatic rings. The molecule has 132 valence electrons. The molecule has 0 aliphatic heterocycles. The van der Waals surface area contributed by atoms with Crippen LogP contribution < -0.4 is 5.32 Å². The summed E-state index contributed by atoms with van der Waals surface area (Å²) in [7, 11) is 0. The number of benzene rings is 2. The van der Waals surface area contributed by atoms with Gasteiger partial charge in [0.1, 0.15) is 12.6 Å². The van der Waals surface area contributed by atoms with Crippen molar-refractivity contribution in [3.05, 3.63) is 66.2 Å². The Labute approximate surface area is 151 Å². The Kier molecular flexibility index (Phi) is 7.85. The van der Waals surface area contributed by atoms with E-state index in [1.165, 1.54) is 11.8 Å². The third kappa shape index (κ3) is 6.89. The zero-order valence-corrected chi connectivity index (χ0v) is 14.8. The van der Waals surface area contributed by atoms with E-state index < -0.39 is 18.1 Å². The summed E-state index contributed by atoms with van der Waals surface area (Å²) in [6, 6.07) is 18.2. The lowest BCUT2D eigenvalue weighted by molar-refractivity contribution is -0.144. The molecule has 0 saturated carbocycles. The minimum absolute atomic E-state index is 0.147. The molecule has 1 N–H and O–H groups in total. The van der Waals surface area contributed by atoms with Gasteiger partial charge in [-0.1, -0.05) is 48.5 Å². The van der Waals surface area contributed by atoms with Crippen LogP contribution in [0.4, 0.5) is 4.79 Å². The molecule has 0 spiro atoms. The largest absolute Gasteiger partial charge is 0.464 e. The second-order valence-electron chi connectivity index (χ2n) is 5.13. The van der Waals surface area contributed by atoms with E-state index in [0.29, 0.717) is 5.75 Å². The molecule has 6 heteroatoms. The highest BCUT2D eigenvalue weighted by atomic mass is 32.2. The maximum absolute atomic E-state index is 12.1. The van der Waals surface area contributed by atoms with Crippen molar-refractivity contribution in [3.8, 4) is 0 Å². The van der Waals surface area contributed by atoms with Gasteiger partial charge in [-0.3, -0.25) is 0 Å². The quantitative estimate of drug-likeness (QED) is 0.576. The van der Waals surface area contributed by atoms with Gasteiger partial charge in [0, 0.05) is 10.6 Å². The van der Waals surface area contributed by atoms with Gasteiger partial charge in [0.2, 0.25) is 0 Å². The van der Waals surface area contributed by atoms with Crippen molar-refractivity contribution < 1.29 is 19.1 Å². The molecule has 0 aliphatic carbocycles. The molecule has 1 atom stereocenters. The third-order valence-electron chi connectivity index (χ3n) is 3.24. The molecule has 0 heterocycles. The molecule has 25 heavy (non-hydrogen) atoms. The number of carbonyl (C=O) groups excluding carboxylic acids is 2. The predicted molar refractivity (Wildman–Crippen MR) is 97.3 cm³/mol. The van der Waals surface area contributed by atoms with Gasteiger partial charge in [-0.05, 0) is 24.6 Å². The number of hydrogen-bond donors (Lipinski definition) is 1. The second-order valence-corrected chi connectivity index (χ2v) is 6.23. The topological polar surface area (TPSA) is 64.6 Å². The first-order valence-corrected chi connectivity index (χ1v) is 8.99. The first kappa shape index (κ1) is 18.9. The average molecular weight is 359 g/mol. The molecule has 2 aromatic carbocycles. The van der Waals surface area contributed by atoms with Crippen molar-refractivity contribution in [2.75, 3.05) is 12.4 Å². The van der Waals surface area contributed by atoms with Gasteiger partial charge in [-0.25, -0.2) is 9.59 Å². The summed E-state index contributed by atoms with van der Waals surface area (Å²) in [5.41, 5.74) is 0.879. The van der Waals surface area contributed by atoms with Gasteiger partial charge in [-0.15, -0.1) is 11.8 Å². The van der Waals surface area contributed by atoms with Crippen LogP contribution in [0.3, 0.4) is 0 Å². The molecule has 0 saturated heterocycles. The summed E-state index contributed by atoms with van der Waals surface area (Å²) in [5.74, 6) is -0.105. The Morgan fingerprint density at radius 2 is 1.64 bits per heavy atom. The molecule has 0 radical (unpaired) electrons. The lowest BCUT2D eigenvalue weighted by Crippen LogP contribution is -2.43. The lowest BCUT2D eigenvalue weighted by Gasteiger charge is -2.17. The van der Waals surface area contributed by atoms with Gasteiger partial charge in [0.05, 0.1) is 6.61 Å². The maximum atomic E-state index is 12.1. The summed E-state index contributed by atoms with van der Waals surface area (Å²) < 4.78 is 10.2. The van der Waals surface area contributed by atoms with Crippen LogP contribution in [0, 0.1) is 0 Å². The molecule has 1 amide bonds. The average Bonchev–Trinajstić information content (AvgIpc) is 2.65. The van der Waals surface area contributed by atoms with Gasteiger partial charge in [-0.2, -0.15) is 0 Å². The highest BCUT2D eigenvalue weighted by Crippen LogP contribution is 2.18. The normalized spacial score (nSPS) is 11.4. The van der Waals surface area contributed by atoms with Crippen LogP contribution in [0.2, 0.25) is 0 Å². The van der Waals surface area contributed by atoms with E-state index in [0.717, 1.165) is 10.5 Å². The fourth-order valence-electron chi connectivity index (χ4n) is 2.01. The van der Waals surface area contributed by atoms with E-state index in [4.69, 9.17) is 9.47 Å². The zero-order chi connectivity index (χ0) is 17.9. The van der Waals surface area contributed by atoms with Crippen molar-refractivity contribution in [2.45, 2.75) is 24.5 Å². The molecule has 0 fully saturated rings. The van der Waals surface area contributed by atoms with Crippen LogP contribution in [0.5, 0.6) is 0 Å². The van der Waals surface area contributed by atoms with Crippen molar-refractivity contribution in [3.63, 3.8) is 0 Å². The summed E-state index contributed by atoms with van der Waals surface area (Å²) >= 11 is 1.47. The van der Waals surface area contributed by atoms with Crippen LogP contribution in [-0.2, 0) is 20.9 Å². The van der Waals surface area contributed by atoms with Crippen LogP contribution >= 0.6 is 11.8 Å². The SMILES string of the molecule is CCOC(=O)C(CSc1ccccc1)NC(=O)OCc1ccccc1. The Morgan fingerprint density at radius 3 is 2.28 bits per heavy atom. The van der Waals surface area contributed by atoms with Crippen LogP contribution in [0.25, 0.3) is 0 Å². The van der Waals surface area contributed by atoms with E-state index in [1.807, 2.05) is 60.7 Å². The van der Waals surface area contributed by atoms with Crippen LogP contribution in [0.15, 0.2) is 65.6 Å². The van der Waals surface area contributed by atoms with Crippen molar-refractivity contribution in [2.24, 2.45) is 0 Å². The number of amides is 1. The summed E-state index contributed by atoms with van der Waals surface area (Å²) in [6.45, 7) is 2.13. The summed E-state index contributed by atoms with van der Waals surface area (Å²) in [5, 5.41) is 2.59.